The Morgan fingerprint density at radius 2 is 1.86 bits per heavy atom. The van der Waals surface area contributed by atoms with E-state index in [-0.39, 0.29) is 16.4 Å². The predicted octanol–water partition coefficient (Wildman–Crippen LogP) is 2.24. The van der Waals surface area contributed by atoms with Crippen molar-refractivity contribution in [1.29, 1.82) is 0 Å². The lowest BCUT2D eigenvalue weighted by Crippen LogP contribution is -2.49. The molecule has 0 aliphatic carbocycles. The zero-order valence-corrected chi connectivity index (χ0v) is 16.8. The number of pyridine rings is 1. The van der Waals surface area contributed by atoms with Crippen LogP contribution in [0.3, 0.4) is 0 Å². The highest BCUT2D eigenvalue weighted by Crippen LogP contribution is 2.32. The maximum atomic E-state index is 12.9. The molecule has 0 bridgehead atoms. The molecule has 29 heavy (non-hydrogen) atoms. The van der Waals surface area contributed by atoms with Gasteiger partial charge in [-0.05, 0) is 24.3 Å². The number of rotatable bonds is 8. The van der Waals surface area contributed by atoms with Crippen molar-refractivity contribution >= 4 is 10.0 Å². The molecule has 3 rings (SSSR count). The molecule has 158 valence electrons. The number of nitrogens with zero attached hydrogens (tertiary/aromatic N) is 3. The molecule has 0 N–H and O–H groups in total. The topological polar surface area (TPSA) is 72.0 Å². The first kappa shape index (κ1) is 21.4. The number of halogens is 2. The predicted molar refractivity (Wildman–Crippen MR) is 103 cm³/mol. The fraction of sp³-hybridized carbons (Fsp3) is 0.421. The number of benzene rings is 1. The first-order valence-electron chi connectivity index (χ1n) is 9.15. The number of sulfonamides is 1. The minimum absolute atomic E-state index is 0.0450. The lowest BCUT2D eigenvalue weighted by Gasteiger charge is -2.34. The molecule has 0 unspecified atom stereocenters. The Hall–Kier alpha value is -2.30. The summed E-state index contributed by atoms with van der Waals surface area (Å²) in [5.41, 5.74) is 0.993. The molecule has 7 nitrogen and oxygen atoms in total. The van der Waals surface area contributed by atoms with Crippen molar-refractivity contribution in [2.24, 2.45) is 0 Å². The van der Waals surface area contributed by atoms with Gasteiger partial charge in [0, 0.05) is 57.1 Å². The van der Waals surface area contributed by atoms with E-state index in [9.17, 15) is 17.2 Å². The van der Waals surface area contributed by atoms with Crippen molar-refractivity contribution in [3.8, 4) is 11.5 Å². The van der Waals surface area contributed by atoms with E-state index in [1.54, 1.807) is 6.20 Å². The fourth-order valence-electron chi connectivity index (χ4n) is 3.17. The molecule has 1 fully saturated rings. The van der Waals surface area contributed by atoms with E-state index >= 15 is 0 Å². The van der Waals surface area contributed by atoms with Gasteiger partial charge in [-0.2, -0.15) is 13.1 Å². The Labute approximate surface area is 168 Å². The lowest BCUT2D eigenvalue weighted by atomic mass is 10.2. The molecular weight excluding hydrogens is 404 g/mol. The third-order valence-corrected chi connectivity index (χ3v) is 6.63. The van der Waals surface area contributed by atoms with Crippen LogP contribution in [-0.2, 0) is 16.4 Å². The molecule has 1 aromatic carbocycles. The van der Waals surface area contributed by atoms with Crippen molar-refractivity contribution in [3.63, 3.8) is 0 Å². The zero-order valence-electron chi connectivity index (χ0n) is 16.0. The summed E-state index contributed by atoms with van der Waals surface area (Å²) in [6.45, 7) is -0.474. The van der Waals surface area contributed by atoms with Crippen LogP contribution in [0.1, 0.15) is 5.69 Å². The van der Waals surface area contributed by atoms with Crippen LogP contribution in [0.2, 0.25) is 0 Å². The number of piperazine rings is 1. The average Bonchev–Trinajstić information content (AvgIpc) is 2.73. The highest BCUT2D eigenvalue weighted by atomic mass is 32.2. The normalized spacial score (nSPS) is 16.1. The van der Waals surface area contributed by atoms with Gasteiger partial charge in [0.2, 0.25) is 10.0 Å². The molecule has 2 aromatic rings. The van der Waals surface area contributed by atoms with Crippen molar-refractivity contribution in [3.05, 3.63) is 48.3 Å². The van der Waals surface area contributed by atoms with Crippen LogP contribution >= 0.6 is 0 Å². The number of aromatic nitrogens is 1. The average molecular weight is 427 g/mol. The standard InChI is InChI=1S/C19H23F2N3O4S/c1-27-17-6-5-16(14-18(17)28-19(20)21)29(25,26)24-12-10-23(11-13-24)9-7-15-4-2-3-8-22-15/h2-6,8,14,19H,7,9-13H2,1H3. The molecular formula is C19H23F2N3O4S. The van der Waals surface area contributed by atoms with Crippen molar-refractivity contribution < 1.29 is 26.7 Å². The zero-order chi connectivity index (χ0) is 20.9. The van der Waals surface area contributed by atoms with Gasteiger partial charge in [0.05, 0.1) is 12.0 Å². The first-order chi connectivity index (χ1) is 13.9. The summed E-state index contributed by atoms with van der Waals surface area (Å²) >= 11 is 0. The van der Waals surface area contributed by atoms with Gasteiger partial charge in [-0.1, -0.05) is 6.07 Å². The second-order valence-electron chi connectivity index (χ2n) is 6.51. The Morgan fingerprint density at radius 1 is 1.10 bits per heavy atom. The molecule has 2 heterocycles. The molecule has 1 aliphatic heterocycles. The van der Waals surface area contributed by atoms with E-state index in [1.165, 1.54) is 23.5 Å². The van der Waals surface area contributed by atoms with Gasteiger partial charge >= 0.3 is 6.61 Å². The van der Waals surface area contributed by atoms with Gasteiger partial charge in [0.1, 0.15) is 0 Å². The van der Waals surface area contributed by atoms with Crippen LogP contribution in [0.4, 0.5) is 8.78 Å². The fourth-order valence-corrected chi connectivity index (χ4v) is 4.60. The minimum atomic E-state index is -3.82. The van der Waals surface area contributed by atoms with Gasteiger partial charge < -0.3 is 14.4 Å². The number of ether oxygens (including phenoxy) is 2. The van der Waals surface area contributed by atoms with Crippen molar-refractivity contribution in [2.45, 2.75) is 17.9 Å². The summed E-state index contributed by atoms with van der Waals surface area (Å²) in [6, 6.07) is 9.49. The molecule has 10 heteroatoms. The Balaban J connectivity index is 1.63. The van der Waals surface area contributed by atoms with Crippen LogP contribution in [0.15, 0.2) is 47.5 Å². The third-order valence-electron chi connectivity index (χ3n) is 4.73. The van der Waals surface area contributed by atoms with E-state index < -0.39 is 16.6 Å². The van der Waals surface area contributed by atoms with Crippen LogP contribution in [-0.4, -0.2) is 69.1 Å². The first-order valence-corrected chi connectivity index (χ1v) is 10.6. The van der Waals surface area contributed by atoms with Crippen LogP contribution in [0, 0.1) is 0 Å². The van der Waals surface area contributed by atoms with E-state index in [0.29, 0.717) is 26.2 Å². The van der Waals surface area contributed by atoms with Crippen LogP contribution in [0.5, 0.6) is 11.5 Å². The van der Waals surface area contributed by atoms with Gasteiger partial charge in [0.15, 0.2) is 11.5 Å². The molecule has 0 saturated carbocycles. The molecule has 1 aliphatic rings. The lowest BCUT2D eigenvalue weighted by molar-refractivity contribution is -0.0513. The summed E-state index contributed by atoms with van der Waals surface area (Å²) in [5.74, 6) is -0.263. The smallest absolute Gasteiger partial charge is 0.387 e. The van der Waals surface area contributed by atoms with Crippen LogP contribution < -0.4 is 9.47 Å². The van der Waals surface area contributed by atoms with Gasteiger partial charge in [0.25, 0.3) is 0 Å². The molecule has 1 saturated heterocycles. The number of alkyl halides is 2. The monoisotopic (exact) mass is 427 g/mol. The highest BCUT2D eigenvalue weighted by molar-refractivity contribution is 7.89. The maximum Gasteiger partial charge on any atom is 0.387 e. The molecule has 0 radical (unpaired) electrons. The summed E-state index contributed by atoms with van der Waals surface area (Å²) in [7, 11) is -2.52. The molecule has 1 aromatic heterocycles. The largest absolute Gasteiger partial charge is 0.493 e. The SMILES string of the molecule is COc1ccc(S(=O)(=O)N2CCN(CCc3ccccn3)CC2)cc1OC(F)F. The second-order valence-corrected chi connectivity index (χ2v) is 8.45. The van der Waals surface area contributed by atoms with Gasteiger partial charge in [-0.3, -0.25) is 4.98 Å². The summed E-state index contributed by atoms with van der Waals surface area (Å²) in [5, 5.41) is 0. The summed E-state index contributed by atoms with van der Waals surface area (Å²) in [6.07, 6.45) is 2.54. The van der Waals surface area contributed by atoms with E-state index in [4.69, 9.17) is 4.74 Å². The maximum absolute atomic E-state index is 12.9. The Kier molecular flexibility index (Phi) is 6.99. The Bertz CT molecular complexity index is 905. The number of hydrogen-bond acceptors (Lipinski definition) is 6. The van der Waals surface area contributed by atoms with E-state index in [1.807, 2.05) is 18.2 Å². The van der Waals surface area contributed by atoms with Crippen molar-refractivity contribution in [1.82, 2.24) is 14.2 Å². The van der Waals surface area contributed by atoms with Gasteiger partial charge in [-0.15, -0.1) is 0 Å². The molecule has 0 amide bonds. The summed E-state index contributed by atoms with van der Waals surface area (Å²) in [4.78, 5) is 6.37. The van der Waals surface area contributed by atoms with Crippen LogP contribution in [0.25, 0.3) is 0 Å². The van der Waals surface area contributed by atoms with E-state index in [0.717, 1.165) is 24.7 Å². The second kappa shape index (κ2) is 9.47. The number of hydrogen-bond donors (Lipinski definition) is 0. The molecule has 0 spiro atoms. The van der Waals surface area contributed by atoms with Gasteiger partial charge in [-0.25, -0.2) is 8.42 Å². The Morgan fingerprint density at radius 3 is 2.48 bits per heavy atom. The number of methoxy groups -OCH3 is 1. The summed E-state index contributed by atoms with van der Waals surface area (Å²) < 4.78 is 61.8. The quantitative estimate of drug-likeness (QED) is 0.644. The highest BCUT2D eigenvalue weighted by Gasteiger charge is 2.29. The minimum Gasteiger partial charge on any atom is -0.493 e. The van der Waals surface area contributed by atoms with E-state index in [2.05, 4.69) is 14.6 Å². The third kappa shape index (κ3) is 5.40. The van der Waals surface area contributed by atoms with Crippen molar-refractivity contribution in [2.75, 3.05) is 39.8 Å². The molecule has 0 atom stereocenters.